The Labute approximate surface area is 165 Å². The summed E-state index contributed by atoms with van der Waals surface area (Å²) in [6.45, 7) is 4.34. The first kappa shape index (κ1) is 18.2. The topological polar surface area (TPSA) is 58.1 Å². The van der Waals surface area contributed by atoms with E-state index in [4.69, 9.17) is 0 Å². The lowest BCUT2D eigenvalue weighted by Gasteiger charge is -2.16. The molecule has 4 rings (SSSR count). The number of anilines is 1. The summed E-state index contributed by atoms with van der Waals surface area (Å²) in [5.41, 5.74) is 3.77. The van der Waals surface area contributed by atoms with Crippen LogP contribution in [0.1, 0.15) is 34.5 Å². The Bertz CT molecular complexity index is 965. The molecular formula is C23H24N4O. The quantitative estimate of drug-likeness (QED) is 0.725. The Morgan fingerprint density at radius 1 is 1.00 bits per heavy atom. The standard InChI is InChI=1S/C23H24N4O/c1-17-9-5-6-12-19(17)16-24-21-15-20(23(28)27-13-7-8-14-27)25-22(26-21)18-10-3-2-4-11-18/h2-6,9-12,15H,7-8,13-14,16H2,1H3,(H,24,25,26). The first-order valence-electron chi connectivity index (χ1n) is 9.73. The lowest BCUT2D eigenvalue weighted by molar-refractivity contribution is 0.0787. The van der Waals surface area contributed by atoms with E-state index in [1.165, 1.54) is 11.1 Å². The number of aromatic nitrogens is 2. The van der Waals surface area contributed by atoms with Crippen LogP contribution in [-0.4, -0.2) is 33.9 Å². The van der Waals surface area contributed by atoms with Crippen LogP contribution in [0.4, 0.5) is 5.82 Å². The third kappa shape index (κ3) is 4.03. The van der Waals surface area contributed by atoms with Gasteiger partial charge in [-0.05, 0) is 30.9 Å². The highest BCUT2D eigenvalue weighted by Gasteiger charge is 2.22. The predicted molar refractivity (Wildman–Crippen MR) is 111 cm³/mol. The zero-order chi connectivity index (χ0) is 19.3. The number of nitrogens with zero attached hydrogens (tertiary/aromatic N) is 3. The van der Waals surface area contributed by atoms with Gasteiger partial charge in [0.25, 0.3) is 5.91 Å². The number of hydrogen-bond donors (Lipinski definition) is 1. The normalized spacial score (nSPS) is 13.5. The molecule has 1 saturated heterocycles. The molecule has 0 spiro atoms. The van der Waals surface area contributed by atoms with Crippen molar-refractivity contribution in [3.63, 3.8) is 0 Å². The third-order valence-corrected chi connectivity index (χ3v) is 5.09. The molecule has 2 heterocycles. The molecule has 5 nitrogen and oxygen atoms in total. The van der Waals surface area contributed by atoms with E-state index in [-0.39, 0.29) is 5.91 Å². The summed E-state index contributed by atoms with van der Waals surface area (Å²) in [7, 11) is 0. The number of carbonyl (C=O) groups is 1. The van der Waals surface area contributed by atoms with Crippen LogP contribution >= 0.6 is 0 Å². The monoisotopic (exact) mass is 372 g/mol. The smallest absolute Gasteiger partial charge is 0.272 e. The van der Waals surface area contributed by atoms with Crippen molar-refractivity contribution in [2.45, 2.75) is 26.3 Å². The summed E-state index contributed by atoms with van der Waals surface area (Å²) in [4.78, 5) is 24.0. The van der Waals surface area contributed by atoms with E-state index in [1.807, 2.05) is 47.4 Å². The van der Waals surface area contributed by atoms with Crippen LogP contribution in [0.5, 0.6) is 0 Å². The molecule has 0 unspecified atom stereocenters. The molecule has 1 aliphatic heterocycles. The van der Waals surface area contributed by atoms with Gasteiger partial charge < -0.3 is 10.2 Å². The van der Waals surface area contributed by atoms with Crippen molar-refractivity contribution in [2.75, 3.05) is 18.4 Å². The van der Waals surface area contributed by atoms with Gasteiger partial charge in [-0.2, -0.15) is 0 Å². The van der Waals surface area contributed by atoms with E-state index >= 15 is 0 Å². The fraction of sp³-hybridized carbons (Fsp3) is 0.261. The van der Waals surface area contributed by atoms with Crippen LogP contribution in [0.3, 0.4) is 0 Å². The molecule has 28 heavy (non-hydrogen) atoms. The highest BCUT2D eigenvalue weighted by atomic mass is 16.2. The molecule has 142 valence electrons. The molecule has 2 aromatic carbocycles. The maximum Gasteiger partial charge on any atom is 0.272 e. The highest BCUT2D eigenvalue weighted by molar-refractivity contribution is 5.93. The molecule has 3 aromatic rings. The zero-order valence-corrected chi connectivity index (χ0v) is 16.1. The van der Waals surface area contributed by atoms with Crippen LogP contribution in [0.2, 0.25) is 0 Å². The minimum Gasteiger partial charge on any atom is -0.366 e. The van der Waals surface area contributed by atoms with Gasteiger partial charge in [0.1, 0.15) is 11.5 Å². The van der Waals surface area contributed by atoms with Crippen molar-refractivity contribution >= 4 is 11.7 Å². The summed E-state index contributed by atoms with van der Waals surface area (Å²) in [5.74, 6) is 1.22. The Hall–Kier alpha value is -3.21. The average Bonchev–Trinajstić information content (AvgIpc) is 3.28. The summed E-state index contributed by atoms with van der Waals surface area (Å²) in [5, 5.41) is 3.38. The van der Waals surface area contributed by atoms with Gasteiger partial charge in [-0.3, -0.25) is 4.79 Å². The Morgan fingerprint density at radius 3 is 2.46 bits per heavy atom. The minimum atomic E-state index is -0.0176. The molecule has 1 aliphatic rings. The number of aryl methyl sites for hydroxylation is 1. The van der Waals surface area contributed by atoms with Gasteiger partial charge in [0.05, 0.1) is 0 Å². The third-order valence-electron chi connectivity index (χ3n) is 5.09. The summed E-state index contributed by atoms with van der Waals surface area (Å²) < 4.78 is 0. The number of benzene rings is 2. The molecule has 1 aromatic heterocycles. The molecule has 5 heteroatoms. The predicted octanol–water partition coefficient (Wildman–Crippen LogP) is 4.30. The number of likely N-dealkylation sites (tertiary alicyclic amines) is 1. The van der Waals surface area contributed by atoms with Crippen molar-refractivity contribution in [2.24, 2.45) is 0 Å². The van der Waals surface area contributed by atoms with Crippen LogP contribution < -0.4 is 5.32 Å². The molecular weight excluding hydrogens is 348 g/mol. The maximum atomic E-state index is 12.9. The van der Waals surface area contributed by atoms with Crippen molar-refractivity contribution in [1.82, 2.24) is 14.9 Å². The molecule has 0 aliphatic carbocycles. The second kappa shape index (κ2) is 8.21. The Balaban J connectivity index is 1.65. The van der Waals surface area contributed by atoms with Crippen LogP contribution in [0, 0.1) is 6.92 Å². The lowest BCUT2D eigenvalue weighted by Crippen LogP contribution is -2.28. The number of rotatable bonds is 5. The van der Waals surface area contributed by atoms with Crippen molar-refractivity contribution in [1.29, 1.82) is 0 Å². The Kier molecular flexibility index (Phi) is 5.33. The lowest BCUT2D eigenvalue weighted by atomic mass is 10.1. The van der Waals surface area contributed by atoms with E-state index in [0.29, 0.717) is 23.9 Å². The number of amides is 1. The summed E-state index contributed by atoms with van der Waals surface area (Å²) in [6.07, 6.45) is 2.11. The largest absolute Gasteiger partial charge is 0.366 e. The molecule has 0 atom stereocenters. The van der Waals surface area contributed by atoms with Crippen LogP contribution in [-0.2, 0) is 6.54 Å². The van der Waals surface area contributed by atoms with E-state index in [2.05, 4.69) is 34.3 Å². The first-order chi connectivity index (χ1) is 13.7. The minimum absolute atomic E-state index is 0.0176. The van der Waals surface area contributed by atoms with Gasteiger partial charge in [-0.25, -0.2) is 9.97 Å². The highest BCUT2D eigenvalue weighted by Crippen LogP contribution is 2.21. The second-order valence-electron chi connectivity index (χ2n) is 7.11. The second-order valence-corrected chi connectivity index (χ2v) is 7.11. The van der Waals surface area contributed by atoms with Crippen LogP contribution in [0.25, 0.3) is 11.4 Å². The fourth-order valence-electron chi connectivity index (χ4n) is 3.44. The Morgan fingerprint density at radius 2 is 1.71 bits per heavy atom. The molecule has 0 bridgehead atoms. The van der Waals surface area contributed by atoms with Crippen molar-refractivity contribution in [3.05, 3.63) is 77.5 Å². The number of hydrogen-bond acceptors (Lipinski definition) is 4. The molecule has 1 N–H and O–H groups in total. The van der Waals surface area contributed by atoms with E-state index < -0.39 is 0 Å². The van der Waals surface area contributed by atoms with Crippen molar-refractivity contribution in [3.8, 4) is 11.4 Å². The van der Waals surface area contributed by atoms with Gasteiger partial charge in [0.15, 0.2) is 5.82 Å². The molecule has 1 amide bonds. The van der Waals surface area contributed by atoms with Gasteiger partial charge in [-0.1, -0.05) is 54.6 Å². The van der Waals surface area contributed by atoms with E-state index in [0.717, 1.165) is 31.5 Å². The van der Waals surface area contributed by atoms with E-state index in [1.54, 1.807) is 6.07 Å². The number of carbonyl (C=O) groups excluding carboxylic acids is 1. The fourth-order valence-corrected chi connectivity index (χ4v) is 3.44. The van der Waals surface area contributed by atoms with Crippen LogP contribution in [0.15, 0.2) is 60.7 Å². The molecule has 0 radical (unpaired) electrons. The molecule has 0 saturated carbocycles. The SMILES string of the molecule is Cc1ccccc1CNc1cc(C(=O)N2CCCC2)nc(-c2ccccc2)n1. The van der Waals surface area contributed by atoms with Crippen molar-refractivity contribution < 1.29 is 4.79 Å². The first-order valence-corrected chi connectivity index (χ1v) is 9.73. The average molecular weight is 372 g/mol. The van der Waals surface area contributed by atoms with Gasteiger partial charge >= 0.3 is 0 Å². The zero-order valence-electron chi connectivity index (χ0n) is 16.1. The summed E-state index contributed by atoms with van der Waals surface area (Å²) in [6, 6.07) is 19.8. The van der Waals surface area contributed by atoms with Gasteiger partial charge in [-0.15, -0.1) is 0 Å². The number of nitrogens with one attached hydrogen (secondary N) is 1. The van der Waals surface area contributed by atoms with Gasteiger partial charge in [0, 0.05) is 31.3 Å². The maximum absolute atomic E-state index is 12.9. The summed E-state index contributed by atoms with van der Waals surface area (Å²) >= 11 is 0. The van der Waals surface area contributed by atoms with Gasteiger partial charge in [0.2, 0.25) is 0 Å². The molecule has 1 fully saturated rings. The van der Waals surface area contributed by atoms with E-state index in [9.17, 15) is 4.79 Å².